The van der Waals surface area contributed by atoms with E-state index in [1.54, 1.807) is 36.0 Å². The molecule has 0 atom stereocenters. The molecule has 1 amide bonds. The van der Waals surface area contributed by atoms with Crippen molar-refractivity contribution in [1.29, 1.82) is 0 Å². The summed E-state index contributed by atoms with van der Waals surface area (Å²) >= 11 is 0. The summed E-state index contributed by atoms with van der Waals surface area (Å²) in [4.78, 5) is 12.5. The molecule has 0 fully saturated rings. The molecule has 0 aliphatic carbocycles. The molecule has 3 rings (SSSR count). The average Bonchev–Trinajstić information content (AvgIpc) is 3.18. The highest BCUT2D eigenvalue weighted by Gasteiger charge is 2.16. The van der Waals surface area contributed by atoms with Gasteiger partial charge in [-0.25, -0.2) is 17.8 Å². The van der Waals surface area contributed by atoms with Crippen LogP contribution < -0.4 is 10.0 Å². The number of carbonyl (C=O) groups is 1. The maximum absolute atomic E-state index is 12.4. The highest BCUT2D eigenvalue weighted by molar-refractivity contribution is 7.89. The largest absolute Gasteiger partial charge is 0.349 e. The van der Waals surface area contributed by atoms with Crippen LogP contribution >= 0.6 is 0 Å². The molecule has 8 heteroatoms. The van der Waals surface area contributed by atoms with Crippen LogP contribution in [0.4, 0.5) is 0 Å². The second kappa shape index (κ2) is 8.37. The second-order valence-corrected chi connectivity index (χ2v) is 8.14. The van der Waals surface area contributed by atoms with E-state index in [4.69, 9.17) is 0 Å². The molecule has 1 aromatic heterocycles. The fourth-order valence-corrected chi connectivity index (χ4v) is 4.06. The van der Waals surface area contributed by atoms with Crippen molar-refractivity contribution in [3.8, 4) is 5.69 Å². The van der Waals surface area contributed by atoms with Gasteiger partial charge < -0.3 is 5.32 Å². The summed E-state index contributed by atoms with van der Waals surface area (Å²) in [6, 6.07) is 16.3. The number of rotatable bonds is 7. The summed E-state index contributed by atoms with van der Waals surface area (Å²) in [6.45, 7) is 3.83. The molecular formula is C20H22N4O3S. The summed E-state index contributed by atoms with van der Waals surface area (Å²) in [7, 11) is -3.63. The smallest absolute Gasteiger partial charge is 0.271 e. The minimum absolute atomic E-state index is 0.0842. The lowest BCUT2D eigenvalue weighted by Crippen LogP contribution is -2.35. The van der Waals surface area contributed by atoms with Gasteiger partial charge in [0, 0.05) is 19.3 Å². The predicted octanol–water partition coefficient (Wildman–Crippen LogP) is 2.20. The molecule has 0 bridgehead atoms. The third kappa shape index (κ3) is 4.65. The molecule has 0 unspecified atom stereocenters. The van der Waals surface area contributed by atoms with Gasteiger partial charge in [0.25, 0.3) is 5.91 Å². The highest BCUT2D eigenvalue weighted by Crippen LogP contribution is 2.16. The SMILES string of the molecule is Cc1ccc(C)c(S(=O)(=O)NCCNC(=O)c2ccn(-c3ccccc3)n2)c1. The first-order chi connectivity index (χ1) is 13.4. The van der Waals surface area contributed by atoms with Crippen molar-refractivity contribution in [3.05, 3.63) is 77.6 Å². The van der Waals surface area contributed by atoms with Crippen LogP contribution in [0.15, 0.2) is 65.7 Å². The molecule has 7 nitrogen and oxygen atoms in total. The number of benzene rings is 2. The molecule has 0 aliphatic rings. The molecule has 1 heterocycles. The van der Waals surface area contributed by atoms with Gasteiger partial charge in [-0.1, -0.05) is 30.3 Å². The highest BCUT2D eigenvalue weighted by atomic mass is 32.2. The first kappa shape index (κ1) is 19.8. The van der Waals surface area contributed by atoms with E-state index in [-0.39, 0.29) is 29.6 Å². The number of sulfonamides is 1. The number of hydrogen-bond acceptors (Lipinski definition) is 4. The van der Waals surface area contributed by atoms with Gasteiger partial charge in [0.1, 0.15) is 0 Å². The van der Waals surface area contributed by atoms with Crippen LogP contribution in [0.3, 0.4) is 0 Å². The van der Waals surface area contributed by atoms with E-state index in [0.29, 0.717) is 5.56 Å². The van der Waals surface area contributed by atoms with E-state index in [0.717, 1.165) is 11.3 Å². The van der Waals surface area contributed by atoms with Crippen LogP contribution in [0.5, 0.6) is 0 Å². The zero-order valence-electron chi connectivity index (χ0n) is 15.7. The standard InChI is InChI=1S/C20H22N4O3S/c1-15-8-9-16(2)19(14-15)28(26,27)22-12-11-21-20(25)18-10-13-24(23-18)17-6-4-3-5-7-17/h3-10,13-14,22H,11-12H2,1-2H3,(H,21,25). The van der Waals surface area contributed by atoms with Gasteiger partial charge in [-0.05, 0) is 49.2 Å². The minimum Gasteiger partial charge on any atom is -0.349 e. The summed E-state index contributed by atoms with van der Waals surface area (Å²) in [5.74, 6) is -0.361. The molecule has 2 N–H and O–H groups in total. The van der Waals surface area contributed by atoms with Crippen LogP contribution in [0.1, 0.15) is 21.6 Å². The normalized spacial score (nSPS) is 11.4. The molecule has 146 valence electrons. The van der Waals surface area contributed by atoms with Crippen LogP contribution in [-0.4, -0.2) is 37.2 Å². The van der Waals surface area contributed by atoms with Gasteiger partial charge in [-0.2, -0.15) is 5.10 Å². The summed E-state index contributed by atoms with van der Waals surface area (Å²) in [5, 5.41) is 6.91. The van der Waals surface area contributed by atoms with Gasteiger partial charge in [0.2, 0.25) is 10.0 Å². The van der Waals surface area contributed by atoms with E-state index in [9.17, 15) is 13.2 Å². The minimum atomic E-state index is -3.63. The third-order valence-corrected chi connectivity index (χ3v) is 5.78. The second-order valence-electron chi connectivity index (χ2n) is 6.40. The van der Waals surface area contributed by atoms with Gasteiger partial charge in [0.05, 0.1) is 10.6 Å². The molecule has 0 saturated carbocycles. The summed E-state index contributed by atoms with van der Waals surface area (Å²) < 4.78 is 29.0. The van der Waals surface area contributed by atoms with E-state index in [1.807, 2.05) is 43.3 Å². The maximum atomic E-state index is 12.4. The number of nitrogens with zero attached hydrogens (tertiary/aromatic N) is 2. The Morgan fingerprint density at radius 1 is 1.04 bits per heavy atom. The lowest BCUT2D eigenvalue weighted by atomic mass is 10.2. The van der Waals surface area contributed by atoms with Gasteiger partial charge in [-0.15, -0.1) is 0 Å². The number of nitrogens with one attached hydrogen (secondary N) is 2. The van der Waals surface area contributed by atoms with E-state index in [2.05, 4.69) is 15.1 Å². The van der Waals surface area contributed by atoms with E-state index >= 15 is 0 Å². The fourth-order valence-electron chi connectivity index (χ4n) is 2.70. The average molecular weight is 398 g/mol. The van der Waals surface area contributed by atoms with Crippen molar-refractivity contribution in [2.75, 3.05) is 13.1 Å². The Labute approximate surface area is 164 Å². The first-order valence-electron chi connectivity index (χ1n) is 8.83. The third-order valence-electron chi connectivity index (χ3n) is 4.18. The lowest BCUT2D eigenvalue weighted by Gasteiger charge is -2.10. The molecule has 28 heavy (non-hydrogen) atoms. The quantitative estimate of drug-likeness (QED) is 0.597. The number of carbonyl (C=O) groups excluding carboxylic acids is 1. The van der Waals surface area contributed by atoms with E-state index < -0.39 is 10.0 Å². The van der Waals surface area contributed by atoms with Gasteiger partial charge in [0.15, 0.2) is 5.69 Å². The maximum Gasteiger partial charge on any atom is 0.271 e. The Morgan fingerprint density at radius 3 is 2.54 bits per heavy atom. The number of para-hydroxylation sites is 1. The van der Waals surface area contributed by atoms with Crippen molar-refractivity contribution >= 4 is 15.9 Å². The molecule has 2 aromatic carbocycles. The van der Waals surface area contributed by atoms with Gasteiger partial charge >= 0.3 is 0 Å². The first-order valence-corrected chi connectivity index (χ1v) is 10.3. The monoisotopic (exact) mass is 398 g/mol. The summed E-state index contributed by atoms with van der Waals surface area (Å²) in [6.07, 6.45) is 1.70. The topological polar surface area (TPSA) is 93.1 Å². The van der Waals surface area contributed by atoms with Gasteiger partial charge in [-0.3, -0.25) is 4.79 Å². The number of aryl methyl sites for hydroxylation is 2. The van der Waals surface area contributed by atoms with Crippen LogP contribution in [0, 0.1) is 13.8 Å². The Balaban J connectivity index is 1.55. The predicted molar refractivity (Wildman–Crippen MR) is 107 cm³/mol. The number of hydrogen-bond donors (Lipinski definition) is 2. The van der Waals surface area contributed by atoms with Crippen LogP contribution in [0.2, 0.25) is 0 Å². The molecule has 0 spiro atoms. The van der Waals surface area contributed by atoms with Crippen LogP contribution in [-0.2, 0) is 10.0 Å². The van der Waals surface area contributed by atoms with Crippen molar-refractivity contribution in [1.82, 2.24) is 19.8 Å². The Hall–Kier alpha value is -2.97. The Kier molecular flexibility index (Phi) is 5.91. The van der Waals surface area contributed by atoms with E-state index in [1.165, 1.54) is 0 Å². The molecular weight excluding hydrogens is 376 g/mol. The zero-order valence-corrected chi connectivity index (χ0v) is 16.5. The number of aromatic nitrogens is 2. The van der Waals surface area contributed by atoms with Crippen molar-refractivity contribution in [3.63, 3.8) is 0 Å². The molecule has 3 aromatic rings. The Morgan fingerprint density at radius 2 is 1.79 bits per heavy atom. The summed E-state index contributed by atoms with van der Waals surface area (Å²) in [5.41, 5.74) is 2.66. The van der Waals surface area contributed by atoms with Crippen molar-refractivity contribution < 1.29 is 13.2 Å². The molecule has 0 radical (unpaired) electrons. The fraction of sp³-hybridized carbons (Fsp3) is 0.200. The molecule has 0 saturated heterocycles. The Bertz CT molecular complexity index is 1080. The van der Waals surface area contributed by atoms with Crippen molar-refractivity contribution in [2.24, 2.45) is 0 Å². The molecule has 0 aliphatic heterocycles. The van der Waals surface area contributed by atoms with Crippen molar-refractivity contribution in [2.45, 2.75) is 18.7 Å². The number of amides is 1. The zero-order chi connectivity index (χ0) is 20.1. The van der Waals surface area contributed by atoms with Crippen LogP contribution in [0.25, 0.3) is 5.69 Å². The lowest BCUT2D eigenvalue weighted by molar-refractivity contribution is 0.0949.